The Morgan fingerprint density at radius 3 is 2.47 bits per heavy atom. The fourth-order valence-electron chi connectivity index (χ4n) is 4.90. The molecule has 2 aliphatic rings. The van der Waals surface area contributed by atoms with Crippen molar-refractivity contribution in [2.24, 2.45) is 5.92 Å². The van der Waals surface area contributed by atoms with Gasteiger partial charge in [0.25, 0.3) is 0 Å². The monoisotopic (exact) mass is 599 g/mol. The van der Waals surface area contributed by atoms with Crippen LogP contribution < -0.4 is 20.3 Å². The number of hydrogen-bond donors (Lipinski definition) is 2. The number of anilines is 2. The number of aryl methyl sites for hydroxylation is 2. The number of halogens is 2. The van der Waals surface area contributed by atoms with Crippen molar-refractivity contribution in [3.05, 3.63) is 86.3 Å². The molecule has 3 atom stereocenters. The van der Waals surface area contributed by atoms with E-state index in [1.807, 2.05) is 80.3 Å². The van der Waals surface area contributed by atoms with Gasteiger partial charge >= 0.3 is 0 Å². The first-order chi connectivity index (χ1) is 16.2. The lowest BCUT2D eigenvalue weighted by Crippen LogP contribution is -2.72. The maximum absolute atomic E-state index is 13.9. The number of rotatable bonds is 3. The minimum Gasteiger partial charge on any atom is -0.467 e. The first kappa shape index (κ1) is 23.3. The maximum atomic E-state index is 13.9. The minimum atomic E-state index is -1.05. The van der Waals surface area contributed by atoms with E-state index in [4.69, 9.17) is 17.0 Å². The van der Waals surface area contributed by atoms with Gasteiger partial charge in [0, 0.05) is 25.9 Å². The molecule has 2 bridgehead atoms. The summed E-state index contributed by atoms with van der Waals surface area (Å²) in [5.41, 5.74) is 3.63. The van der Waals surface area contributed by atoms with Crippen molar-refractivity contribution in [2.45, 2.75) is 32.5 Å². The van der Waals surface area contributed by atoms with Crippen LogP contribution in [0.4, 0.5) is 11.4 Å². The van der Waals surface area contributed by atoms with E-state index >= 15 is 0 Å². The van der Waals surface area contributed by atoms with E-state index in [0.29, 0.717) is 5.11 Å². The Hall–Kier alpha value is -2.42. The predicted octanol–water partition coefficient (Wildman–Crippen LogP) is 6.63. The van der Waals surface area contributed by atoms with Gasteiger partial charge in [0.15, 0.2) is 10.8 Å². The molecule has 3 aromatic rings. The van der Waals surface area contributed by atoms with Gasteiger partial charge in [-0.3, -0.25) is 9.69 Å². The third-order valence-corrected chi connectivity index (χ3v) is 7.79. The van der Waals surface area contributed by atoms with Crippen LogP contribution in [0.5, 0.6) is 5.75 Å². The van der Waals surface area contributed by atoms with Gasteiger partial charge in [0.2, 0.25) is 5.91 Å². The summed E-state index contributed by atoms with van der Waals surface area (Å²) < 4.78 is 8.51. The van der Waals surface area contributed by atoms with Gasteiger partial charge in [-0.25, -0.2) is 0 Å². The molecule has 0 aromatic heterocycles. The van der Waals surface area contributed by atoms with Gasteiger partial charge in [0.05, 0.1) is 6.04 Å². The molecule has 174 valence electrons. The molecule has 34 heavy (non-hydrogen) atoms. The van der Waals surface area contributed by atoms with E-state index < -0.39 is 11.6 Å². The van der Waals surface area contributed by atoms with Crippen LogP contribution in [0.25, 0.3) is 0 Å². The average Bonchev–Trinajstić information content (AvgIpc) is 2.77. The molecule has 2 N–H and O–H groups in total. The number of fused-ring (bicyclic) bond motifs is 4. The third-order valence-electron chi connectivity index (χ3n) is 6.47. The van der Waals surface area contributed by atoms with Crippen LogP contribution in [0.15, 0.2) is 69.6 Å². The molecule has 0 spiro atoms. The van der Waals surface area contributed by atoms with Crippen molar-refractivity contribution >= 4 is 66.5 Å². The number of nitrogens with one attached hydrogen (secondary N) is 2. The van der Waals surface area contributed by atoms with Crippen LogP contribution in [-0.2, 0) is 4.79 Å². The number of hydrogen-bond acceptors (Lipinski definition) is 3. The molecule has 1 amide bonds. The Morgan fingerprint density at radius 1 is 1.06 bits per heavy atom. The van der Waals surface area contributed by atoms with Gasteiger partial charge in [-0.2, -0.15) is 0 Å². The fraction of sp³-hybridized carbons (Fsp3) is 0.231. The van der Waals surface area contributed by atoms with Gasteiger partial charge in [-0.1, -0.05) is 49.6 Å². The van der Waals surface area contributed by atoms with Crippen molar-refractivity contribution in [3.63, 3.8) is 0 Å². The Morgan fingerprint density at radius 2 is 1.76 bits per heavy atom. The number of benzene rings is 3. The topological polar surface area (TPSA) is 53.6 Å². The highest BCUT2D eigenvalue weighted by molar-refractivity contribution is 9.10. The third kappa shape index (κ3) is 3.91. The van der Waals surface area contributed by atoms with Gasteiger partial charge in [0.1, 0.15) is 11.7 Å². The second-order valence-corrected chi connectivity index (χ2v) is 11.1. The zero-order chi connectivity index (χ0) is 24.2. The maximum Gasteiger partial charge on any atom is 0.236 e. The molecule has 0 unspecified atom stereocenters. The number of carbonyl (C=O) groups is 1. The Bertz CT molecular complexity index is 1310. The summed E-state index contributed by atoms with van der Waals surface area (Å²) in [6.45, 7) is 5.97. The summed E-state index contributed by atoms with van der Waals surface area (Å²) in [5.74, 6) is -0.00378. The SMILES string of the molecule is Cc1ccc(NC(=O)[C@@H]2[C@@H]3NC(=S)N(c4ccc(Br)cc4)[C@@]2(C)Oc2ccc(Br)cc23)c(C)c1. The Labute approximate surface area is 221 Å². The molecular weight excluding hydrogens is 578 g/mol. The van der Waals surface area contributed by atoms with Gasteiger partial charge in [-0.15, -0.1) is 0 Å². The fourth-order valence-corrected chi connectivity index (χ4v) is 5.95. The molecule has 1 saturated heterocycles. The second kappa shape index (κ2) is 8.66. The van der Waals surface area contributed by atoms with Gasteiger partial charge in [-0.05, 0) is 87.1 Å². The summed E-state index contributed by atoms with van der Waals surface area (Å²) in [7, 11) is 0. The molecule has 2 heterocycles. The summed E-state index contributed by atoms with van der Waals surface area (Å²) in [4.78, 5) is 15.8. The first-order valence-electron chi connectivity index (χ1n) is 10.9. The summed E-state index contributed by atoms with van der Waals surface area (Å²) in [6, 6.07) is 19.3. The highest BCUT2D eigenvalue weighted by Gasteiger charge is 2.59. The highest BCUT2D eigenvalue weighted by atomic mass is 79.9. The molecule has 1 fully saturated rings. The van der Waals surface area contributed by atoms with Crippen molar-refractivity contribution in [1.29, 1.82) is 0 Å². The quantitative estimate of drug-likeness (QED) is 0.331. The molecule has 0 radical (unpaired) electrons. The lowest BCUT2D eigenvalue weighted by Gasteiger charge is -2.56. The van der Waals surface area contributed by atoms with Gasteiger partial charge < -0.3 is 15.4 Å². The second-order valence-electron chi connectivity index (χ2n) is 8.86. The van der Waals surface area contributed by atoms with Crippen molar-refractivity contribution in [3.8, 4) is 5.75 Å². The van der Waals surface area contributed by atoms with Crippen molar-refractivity contribution < 1.29 is 9.53 Å². The Kier molecular flexibility index (Phi) is 5.94. The number of thiocarbonyl (C=S) groups is 1. The molecule has 5 nitrogen and oxygen atoms in total. The molecule has 3 aromatic carbocycles. The predicted molar refractivity (Wildman–Crippen MR) is 146 cm³/mol. The van der Waals surface area contributed by atoms with E-state index in [9.17, 15) is 4.79 Å². The number of carbonyl (C=O) groups excluding carboxylic acids is 1. The normalized spacial score (nSPS) is 23.0. The molecular formula is C26H23Br2N3O2S. The molecule has 5 rings (SSSR count). The van der Waals surface area contributed by atoms with E-state index in [-0.39, 0.29) is 11.9 Å². The van der Waals surface area contributed by atoms with Crippen molar-refractivity contribution in [2.75, 3.05) is 10.2 Å². The summed E-state index contributed by atoms with van der Waals surface area (Å²) in [6.07, 6.45) is 0. The van der Waals surface area contributed by atoms with Crippen LogP contribution in [0.3, 0.4) is 0 Å². The lowest BCUT2D eigenvalue weighted by atomic mass is 9.78. The number of ether oxygens (including phenoxy) is 1. The standard InChI is InChI=1S/C26H23Br2N3O2S/c1-14-4-10-20(15(2)12-14)29-24(32)22-23-19-13-17(28)7-11-21(19)33-26(22,3)31(25(34)30-23)18-8-5-16(27)6-9-18/h4-13,22-23H,1-3H3,(H,29,32)(H,30,34)/t22-,23+,26-/m0/s1. The van der Waals surface area contributed by atoms with Crippen LogP contribution in [0.1, 0.15) is 29.7 Å². The minimum absolute atomic E-state index is 0.137. The van der Waals surface area contributed by atoms with Crippen LogP contribution >= 0.6 is 44.1 Å². The van der Waals surface area contributed by atoms with E-state index in [1.54, 1.807) is 0 Å². The smallest absolute Gasteiger partial charge is 0.236 e. The van der Waals surface area contributed by atoms with E-state index in [0.717, 1.165) is 42.8 Å². The average molecular weight is 601 g/mol. The number of nitrogens with zero attached hydrogens (tertiary/aromatic N) is 1. The Balaban J connectivity index is 1.63. The van der Waals surface area contributed by atoms with Crippen LogP contribution in [0, 0.1) is 19.8 Å². The molecule has 8 heteroatoms. The summed E-state index contributed by atoms with van der Waals surface area (Å²) >= 11 is 12.9. The molecule has 0 saturated carbocycles. The first-order valence-corrected chi connectivity index (χ1v) is 12.9. The van der Waals surface area contributed by atoms with Crippen LogP contribution in [0.2, 0.25) is 0 Å². The van der Waals surface area contributed by atoms with Crippen LogP contribution in [-0.4, -0.2) is 16.7 Å². The molecule has 0 aliphatic carbocycles. The van der Waals surface area contributed by atoms with E-state index in [2.05, 4.69) is 48.6 Å². The molecule has 2 aliphatic heterocycles. The zero-order valence-electron chi connectivity index (χ0n) is 18.9. The zero-order valence-corrected chi connectivity index (χ0v) is 22.8. The van der Waals surface area contributed by atoms with Crippen molar-refractivity contribution in [1.82, 2.24) is 5.32 Å². The number of amides is 1. The highest BCUT2D eigenvalue weighted by Crippen LogP contribution is 2.50. The summed E-state index contributed by atoms with van der Waals surface area (Å²) in [5, 5.41) is 7.11. The lowest BCUT2D eigenvalue weighted by molar-refractivity contribution is -0.130. The van der Waals surface area contributed by atoms with E-state index in [1.165, 1.54) is 0 Å². The largest absolute Gasteiger partial charge is 0.467 e.